The van der Waals surface area contributed by atoms with E-state index in [2.05, 4.69) is 10.1 Å². The Morgan fingerprint density at radius 1 is 1.11 bits per heavy atom. The molecule has 0 aromatic heterocycles. The summed E-state index contributed by atoms with van der Waals surface area (Å²) in [6.07, 6.45) is 0. The van der Waals surface area contributed by atoms with Gasteiger partial charge in [0, 0.05) is 16.5 Å². The molecule has 0 fully saturated rings. The summed E-state index contributed by atoms with van der Waals surface area (Å²) in [6.45, 7) is 0.146. The van der Waals surface area contributed by atoms with E-state index in [4.69, 9.17) is 4.74 Å². The summed E-state index contributed by atoms with van der Waals surface area (Å²) in [7, 11) is 3.01. The fraction of sp³-hybridized carbons (Fsp3) is 0.214. The van der Waals surface area contributed by atoms with Crippen molar-refractivity contribution in [1.29, 1.82) is 0 Å². The number of carbonyl (C=O) groups is 1. The lowest BCUT2D eigenvalue weighted by Gasteiger charge is -2.11. The van der Waals surface area contributed by atoms with Gasteiger partial charge in [0.2, 0.25) is 0 Å². The molecule has 0 bridgehead atoms. The Hall–Kier alpha value is -1.94. The van der Waals surface area contributed by atoms with Gasteiger partial charge in [-0.2, -0.15) is 0 Å². The maximum absolute atomic E-state index is 11.1. The van der Waals surface area contributed by atoms with Gasteiger partial charge in [0.25, 0.3) is 0 Å². The van der Waals surface area contributed by atoms with Crippen LogP contribution in [0.2, 0.25) is 0 Å². The summed E-state index contributed by atoms with van der Waals surface area (Å²) in [4.78, 5) is 11.1. The summed E-state index contributed by atoms with van der Waals surface area (Å²) in [5.41, 5.74) is 0.886. The fourth-order valence-electron chi connectivity index (χ4n) is 1.84. The Kier molecular flexibility index (Phi) is 5.45. The first-order chi connectivity index (χ1) is 8.76. The van der Waals surface area contributed by atoms with Gasteiger partial charge in [-0.05, 0) is 12.1 Å². The van der Waals surface area contributed by atoms with Crippen molar-refractivity contribution in [3.63, 3.8) is 0 Å². The van der Waals surface area contributed by atoms with Gasteiger partial charge in [-0.15, -0.1) is 12.4 Å². The summed E-state index contributed by atoms with van der Waals surface area (Å²) >= 11 is 0. The zero-order chi connectivity index (χ0) is 13.0. The predicted octanol–water partition coefficient (Wildman–Crippen LogP) is 2.86. The third kappa shape index (κ3) is 3.29. The summed E-state index contributed by atoms with van der Waals surface area (Å²) < 4.78 is 9.91. The molecule has 0 saturated heterocycles. The van der Waals surface area contributed by atoms with Crippen LogP contribution in [0.4, 0.5) is 5.69 Å². The average molecular weight is 282 g/mol. The SMILES string of the molecule is COC(=O)CNc1ccc(OC)c2ccccc12.Cl. The summed E-state index contributed by atoms with van der Waals surface area (Å²) in [5.74, 6) is 0.518. The molecule has 0 aliphatic carbocycles. The Bertz CT molecular complexity index is 572. The van der Waals surface area contributed by atoms with E-state index in [0.29, 0.717) is 0 Å². The highest BCUT2D eigenvalue weighted by Crippen LogP contribution is 2.31. The topological polar surface area (TPSA) is 47.6 Å². The van der Waals surface area contributed by atoms with E-state index in [9.17, 15) is 4.79 Å². The second-order valence-corrected chi connectivity index (χ2v) is 3.79. The van der Waals surface area contributed by atoms with Crippen LogP contribution < -0.4 is 10.1 Å². The molecule has 2 aromatic rings. The highest BCUT2D eigenvalue weighted by molar-refractivity contribution is 5.98. The maximum Gasteiger partial charge on any atom is 0.325 e. The average Bonchev–Trinajstić information content (AvgIpc) is 2.44. The summed E-state index contributed by atoms with van der Waals surface area (Å²) in [6, 6.07) is 11.6. The van der Waals surface area contributed by atoms with Gasteiger partial charge in [0.15, 0.2) is 0 Å². The van der Waals surface area contributed by atoms with Gasteiger partial charge >= 0.3 is 5.97 Å². The Morgan fingerprint density at radius 2 is 1.79 bits per heavy atom. The van der Waals surface area contributed by atoms with Crippen molar-refractivity contribution >= 4 is 34.8 Å². The first kappa shape index (κ1) is 15.1. The lowest BCUT2D eigenvalue weighted by atomic mass is 10.1. The normalized spacial score (nSPS) is 9.58. The van der Waals surface area contributed by atoms with Gasteiger partial charge in [-0.25, -0.2) is 0 Å². The Balaban J connectivity index is 0.00000180. The molecule has 4 nitrogen and oxygen atoms in total. The van der Waals surface area contributed by atoms with Crippen LogP contribution in [0.3, 0.4) is 0 Å². The first-order valence-electron chi connectivity index (χ1n) is 5.62. The number of esters is 1. The predicted molar refractivity (Wildman–Crippen MR) is 78.3 cm³/mol. The molecular formula is C14H16ClNO3. The fourth-order valence-corrected chi connectivity index (χ4v) is 1.84. The molecule has 0 aliphatic heterocycles. The van der Waals surface area contributed by atoms with E-state index in [1.165, 1.54) is 7.11 Å². The van der Waals surface area contributed by atoms with Crippen molar-refractivity contribution in [3.05, 3.63) is 36.4 Å². The highest BCUT2D eigenvalue weighted by Gasteiger charge is 2.07. The molecule has 1 N–H and O–H groups in total. The van der Waals surface area contributed by atoms with E-state index in [1.54, 1.807) is 7.11 Å². The highest BCUT2D eigenvalue weighted by atomic mass is 35.5. The molecule has 0 unspecified atom stereocenters. The minimum atomic E-state index is -0.296. The van der Waals surface area contributed by atoms with Crippen molar-refractivity contribution < 1.29 is 14.3 Å². The van der Waals surface area contributed by atoms with E-state index >= 15 is 0 Å². The quantitative estimate of drug-likeness (QED) is 0.876. The molecule has 5 heteroatoms. The molecule has 0 saturated carbocycles. The molecule has 0 amide bonds. The van der Waals surface area contributed by atoms with E-state index in [0.717, 1.165) is 22.2 Å². The maximum atomic E-state index is 11.1. The number of carbonyl (C=O) groups excluding carboxylic acids is 1. The molecule has 0 atom stereocenters. The van der Waals surface area contributed by atoms with Crippen LogP contribution in [0, 0.1) is 0 Å². The number of nitrogens with one attached hydrogen (secondary N) is 1. The van der Waals surface area contributed by atoms with Crippen LogP contribution in [0.15, 0.2) is 36.4 Å². The van der Waals surface area contributed by atoms with Gasteiger partial charge < -0.3 is 14.8 Å². The summed E-state index contributed by atoms with van der Waals surface area (Å²) in [5, 5.41) is 5.08. The van der Waals surface area contributed by atoms with Gasteiger partial charge in [0.1, 0.15) is 12.3 Å². The smallest absolute Gasteiger partial charge is 0.325 e. The molecule has 0 aliphatic rings. The lowest BCUT2D eigenvalue weighted by Crippen LogP contribution is -2.15. The molecule has 19 heavy (non-hydrogen) atoms. The number of hydrogen-bond donors (Lipinski definition) is 1. The van der Waals surface area contributed by atoms with Gasteiger partial charge in [-0.3, -0.25) is 4.79 Å². The molecule has 102 valence electrons. The molecule has 2 aromatic carbocycles. The van der Waals surface area contributed by atoms with Crippen molar-refractivity contribution in [3.8, 4) is 5.75 Å². The number of hydrogen-bond acceptors (Lipinski definition) is 4. The Labute approximate surface area is 118 Å². The second kappa shape index (κ2) is 6.85. The van der Waals surface area contributed by atoms with Gasteiger partial charge in [0.05, 0.1) is 14.2 Å². The van der Waals surface area contributed by atoms with Gasteiger partial charge in [-0.1, -0.05) is 24.3 Å². The van der Waals surface area contributed by atoms with E-state index < -0.39 is 0 Å². The van der Waals surface area contributed by atoms with Crippen LogP contribution in [0.1, 0.15) is 0 Å². The largest absolute Gasteiger partial charge is 0.496 e. The zero-order valence-electron chi connectivity index (χ0n) is 10.8. The molecule has 0 radical (unpaired) electrons. The van der Waals surface area contributed by atoms with Crippen molar-refractivity contribution in [2.45, 2.75) is 0 Å². The van der Waals surface area contributed by atoms with Crippen molar-refractivity contribution in [1.82, 2.24) is 0 Å². The molecule has 0 spiro atoms. The minimum absolute atomic E-state index is 0. The van der Waals surface area contributed by atoms with Crippen molar-refractivity contribution in [2.75, 3.05) is 26.1 Å². The standard InChI is InChI=1S/C14H15NO3.ClH/c1-17-13-8-7-12(15-9-14(16)18-2)10-5-3-4-6-11(10)13;/h3-8,15H,9H2,1-2H3;1H. The third-order valence-electron chi connectivity index (χ3n) is 2.75. The van der Waals surface area contributed by atoms with Crippen LogP contribution >= 0.6 is 12.4 Å². The van der Waals surface area contributed by atoms with Crippen molar-refractivity contribution in [2.24, 2.45) is 0 Å². The second-order valence-electron chi connectivity index (χ2n) is 3.79. The van der Waals surface area contributed by atoms with Crippen LogP contribution in [0.5, 0.6) is 5.75 Å². The number of benzene rings is 2. The lowest BCUT2D eigenvalue weighted by molar-refractivity contribution is -0.138. The number of fused-ring (bicyclic) bond motifs is 1. The van der Waals surface area contributed by atoms with E-state index in [1.807, 2.05) is 36.4 Å². The number of methoxy groups -OCH3 is 2. The van der Waals surface area contributed by atoms with Crippen LogP contribution in [-0.4, -0.2) is 26.7 Å². The van der Waals surface area contributed by atoms with Crippen LogP contribution in [0.25, 0.3) is 10.8 Å². The monoisotopic (exact) mass is 281 g/mol. The number of halogens is 1. The molecule has 2 rings (SSSR count). The zero-order valence-corrected chi connectivity index (χ0v) is 11.6. The number of rotatable bonds is 4. The molecular weight excluding hydrogens is 266 g/mol. The minimum Gasteiger partial charge on any atom is -0.496 e. The Morgan fingerprint density at radius 3 is 2.42 bits per heavy atom. The first-order valence-corrected chi connectivity index (χ1v) is 5.62. The number of anilines is 1. The number of ether oxygens (including phenoxy) is 2. The molecule has 0 heterocycles. The third-order valence-corrected chi connectivity index (χ3v) is 2.75. The van der Waals surface area contributed by atoms with E-state index in [-0.39, 0.29) is 24.9 Å². The van der Waals surface area contributed by atoms with Crippen LogP contribution in [-0.2, 0) is 9.53 Å².